The lowest BCUT2D eigenvalue weighted by atomic mass is 10.0. The van der Waals surface area contributed by atoms with Gasteiger partial charge in [0.15, 0.2) is 0 Å². The molecule has 0 heterocycles. The molecule has 3 atom stereocenters. The molecule has 0 bridgehead atoms. The van der Waals surface area contributed by atoms with Gasteiger partial charge in [-0.3, -0.25) is 4.79 Å². The van der Waals surface area contributed by atoms with E-state index in [0.717, 1.165) is 32.1 Å². The summed E-state index contributed by atoms with van der Waals surface area (Å²) < 4.78 is 0. The topological polar surface area (TPSA) is 89.8 Å². The van der Waals surface area contributed by atoms with E-state index in [2.05, 4.69) is 19.2 Å². The molecule has 0 aromatic heterocycles. The van der Waals surface area contributed by atoms with Gasteiger partial charge in [-0.05, 0) is 19.3 Å². The molecule has 0 aromatic rings. The maximum atomic E-state index is 12.4. The van der Waals surface area contributed by atoms with E-state index in [1.54, 1.807) is 6.08 Å². The molecule has 0 saturated heterocycles. The van der Waals surface area contributed by atoms with Crippen LogP contribution in [0.5, 0.6) is 0 Å². The number of carbonyl (C=O) groups excluding carboxylic acids is 1. The summed E-state index contributed by atoms with van der Waals surface area (Å²) in [6.45, 7) is 4.18. The summed E-state index contributed by atoms with van der Waals surface area (Å²) in [5.41, 5.74) is 0. The highest BCUT2D eigenvalue weighted by atomic mass is 16.3. The normalized spacial score (nSPS) is 13.7. The van der Waals surface area contributed by atoms with E-state index in [1.165, 1.54) is 173 Å². The van der Waals surface area contributed by atoms with Crippen molar-refractivity contribution in [3.05, 3.63) is 12.2 Å². The number of aliphatic hydroxyl groups is 3. The molecule has 0 saturated carbocycles. The highest BCUT2D eigenvalue weighted by Gasteiger charge is 2.22. The largest absolute Gasteiger partial charge is 0.394 e. The van der Waals surface area contributed by atoms with Gasteiger partial charge >= 0.3 is 0 Å². The van der Waals surface area contributed by atoms with Gasteiger partial charge < -0.3 is 20.6 Å². The molecule has 0 aliphatic carbocycles. The van der Waals surface area contributed by atoms with Crippen LogP contribution in [-0.2, 0) is 4.79 Å². The van der Waals surface area contributed by atoms with Crippen molar-refractivity contribution in [2.24, 2.45) is 0 Å². The molecule has 4 N–H and O–H groups in total. The van der Waals surface area contributed by atoms with E-state index in [9.17, 15) is 20.1 Å². The van der Waals surface area contributed by atoms with Crippen molar-refractivity contribution in [1.82, 2.24) is 5.32 Å². The number of rotatable bonds is 38. The summed E-state index contributed by atoms with van der Waals surface area (Å²) in [6.07, 6.45) is 43.8. The van der Waals surface area contributed by atoms with E-state index in [0.29, 0.717) is 6.42 Å². The van der Waals surface area contributed by atoms with Crippen LogP contribution < -0.4 is 5.32 Å². The van der Waals surface area contributed by atoms with Gasteiger partial charge in [-0.1, -0.05) is 219 Å². The number of nitrogens with one attached hydrogen (secondary N) is 1. The van der Waals surface area contributed by atoms with Gasteiger partial charge in [0.25, 0.3) is 0 Å². The first-order chi connectivity index (χ1) is 23.1. The fraction of sp³-hybridized carbons (Fsp3) is 0.929. The van der Waals surface area contributed by atoms with Gasteiger partial charge in [0.2, 0.25) is 5.91 Å². The number of amides is 1. The Morgan fingerprint density at radius 3 is 1.17 bits per heavy atom. The minimum Gasteiger partial charge on any atom is -0.394 e. The van der Waals surface area contributed by atoms with Crippen LogP contribution in [0.25, 0.3) is 0 Å². The molecule has 1 amide bonds. The fourth-order valence-electron chi connectivity index (χ4n) is 6.54. The summed E-state index contributed by atoms with van der Waals surface area (Å²) in [5, 5.41) is 33.1. The number of hydrogen-bond acceptors (Lipinski definition) is 4. The minimum atomic E-state index is -1.09. The van der Waals surface area contributed by atoms with Crippen molar-refractivity contribution >= 4 is 5.91 Å². The molecule has 0 aliphatic rings. The lowest BCUT2D eigenvalue weighted by molar-refractivity contribution is -0.131. The van der Waals surface area contributed by atoms with Crippen LogP contribution in [0.15, 0.2) is 12.2 Å². The highest BCUT2D eigenvalue weighted by Crippen LogP contribution is 2.16. The quantitative estimate of drug-likeness (QED) is 0.0390. The Kier molecular flexibility index (Phi) is 37.2. The summed E-state index contributed by atoms with van der Waals surface area (Å²) >= 11 is 0. The molecule has 280 valence electrons. The molecule has 5 nitrogen and oxygen atoms in total. The molecule has 0 spiro atoms. The Bertz CT molecular complexity index is 655. The molecule has 0 aromatic carbocycles. The van der Waals surface area contributed by atoms with Crippen LogP contribution in [0.4, 0.5) is 0 Å². The zero-order chi connectivity index (χ0) is 34.5. The van der Waals surface area contributed by atoms with Gasteiger partial charge in [0, 0.05) is 0 Å². The third kappa shape index (κ3) is 33.4. The van der Waals surface area contributed by atoms with Crippen LogP contribution in [0.2, 0.25) is 0 Å². The van der Waals surface area contributed by atoms with Gasteiger partial charge in [-0.15, -0.1) is 0 Å². The standard InChI is InChI=1S/C42H83NO4/c1-3-5-7-9-11-13-15-17-18-19-20-21-22-23-25-27-29-31-33-35-37-41(46)42(47)43-39(38-44)40(45)36-34-32-30-28-26-24-16-14-12-10-8-6-4-2/h34,36,39-41,44-46H,3-33,35,37-38H2,1-2H3,(H,43,47)/t39-,40+,41+/m0/s1. The van der Waals surface area contributed by atoms with Gasteiger partial charge in [0.05, 0.1) is 18.8 Å². The first-order valence-electron chi connectivity index (χ1n) is 21.0. The van der Waals surface area contributed by atoms with E-state index in [-0.39, 0.29) is 6.61 Å². The van der Waals surface area contributed by atoms with Gasteiger partial charge in [0.1, 0.15) is 6.10 Å². The number of allylic oxidation sites excluding steroid dienone is 1. The zero-order valence-corrected chi connectivity index (χ0v) is 31.7. The van der Waals surface area contributed by atoms with Crippen molar-refractivity contribution in [1.29, 1.82) is 0 Å². The highest BCUT2D eigenvalue weighted by molar-refractivity contribution is 5.80. The second kappa shape index (κ2) is 37.9. The molecule has 47 heavy (non-hydrogen) atoms. The smallest absolute Gasteiger partial charge is 0.249 e. The number of hydrogen-bond donors (Lipinski definition) is 4. The molecule has 0 aliphatic heterocycles. The van der Waals surface area contributed by atoms with E-state index in [1.807, 2.05) is 6.08 Å². The number of carbonyl (C=O) groups is 1. The van der Waals surface area contributed by atoms with E-state index < -0.39 is 24.2 Å². The van der Waals surface area contributed by atoms with Crippen molar-refractivity contribution < 1.29 is 20.1 Å². The van der Waals surface area contributed by atoms with E-state index >= 15 is 0 Å². The van der Waals surface area contributed by atoms with Crippen LogP contribution in [0, 0.1) is 0 Å². The maximum Gasteiger partial charge on any atom is 0.249 e. The molecular weight excluding hydrogens is 582 g/mol. The predicted octanol–water partition coefficient (Wildman–Crippen LogP) is 11.7. The second-order valence-electron chi connectivity index (χ2n) is 14.6. The summed E-state index contributed by atoms with van der Waals surface area (Å²) in [4.78, 5) is 12.4. The van der Waals surface area contributed by atoms with Crippen LogP contribution >= 0.6 is 0 Å². The monoisotopic (exact) mass is 666 g/mol. The maximum absolute atomic E-state index is 12.4. The summed E-state index contributed by atoms with van der Waals surface area (Å²) in [5.74, 6) is -0.500. The van der Waals surface area contributed by atoms with Crippen LogP contribution in [-0.4, -0.2) is 46.1 Å². The van der Waals surface area contributed by atoms with Crippen LogP contribution in [0.3, 0.4) is 0 Å². The third-order valence-electron chi connectivity index (χ3n) is 9.88. The number of unbranched alkanes of at least 4 members (excludes halogenated alkanes) is 30. The van der Waals surface area contributed by atoms with Crippen molar-refractivity contribution in [3.63, 3.8) is 0 Å². The third-order valence-corrected chi connectivity index (χ3v) is 9.88. The molecule has 0 radical (unpaired) electrons. The molecular formula is C42H83NO4. The molecule has 0 rings (SSSR count). The first-order valence-corrected chi connectivity index (χ1v) is 21.0. The number of aliphatic hydroxyl groups excluding tert-OH is 3. The average Bonchev–Trinajstić information content (AvgIpc) is 3.07. The molecule has 0 fully saturated rings. The average molecular weight is 666 g/mol. The molecule has 5 heteroatoms. The Morgan fingerprint density at radius 2 is 0.830 bits per heavy atom. The first kappa shape index (κ1) is 46.1. The SMILES string of the molecule is CCCCCCCCCCCCCC=C[C@@H](O)[C@H](CO)NC(=O)[C@H](O)CCCCCCCCCCCCCCCCCCCCCC. The fourth-order valence-corrected chi connectivity index (χ4v) is 6.54. The van der Waals surface area contributed by atoms with E-state index in [4.69, 9.17) is 0 Å². The Balaban J connectivity index is 3.63. The van der Waals surface area contributed by atoms with Crippen molar-refractivity contribution in [2.45, 2.75) is 244 Å². The Labute approximate surface area is 293 Å². The summed E-state index contributed by atoms with van der Waals surface area (Å²) in [6, 6.07) is -0.791. The second-order valence-corrected chi connectivity index (χ2v) is 14.6. The lowest BCUT2D eigenvalue weighted by Gasteiger charge is -2.21. The summed E-state index contributed by atoms with van der Waals surface area (Å²) in [7, 11) is 0. The van der Waals surface area contributed by atoms with Crippen molar-refractivity contribution in [2.75, 3.05) is 6.61 Å². The van der Waals surface area contributed by atoms with Gasteiger partial charge in [-0.25, -0.2) is 0 Å². The van der Waals surface area contributed by atoms with Crippen molar-refractivity contribution in [3.8, 4) is 0 Å². The lowest BCUT2D eigenvalue weighted by Crippen LogP contribution is -2.48. The predicted molar refractivity (Wildman–Crippen MR) is 204 cm³/mol. The van der Waals surface area contributed by atoms with Gasteiger partial charge in [-0.2, -0.15) is 0 Å². The minimum absolute atomic E-state index is 0.359. The van der Waals surface area contributed by atoms with Crippen LogP contribution in [0.1, 0.15) is 226 Å². The Morgan fingerprint density at radius 1 is 0.511 bits per heavy atom. The Hall–Kier alpha value is -0.910. The molecule has 0 unspecified atom stereocenters. The zero-order valence-electron chi connectivity index (χ0n) is 31.7.